The van der Waals surface area contributed by atoms with Gasteiger partial charge in [0.05, 0.1) is 0 Å². The van der Waals surface area contributed by atoms with Crippen molar-refractivity contribution < 1.29 is 0 Å². The van der Waals surface area contributed by atoms with E-state index in [-0.39, 0.29) is 0 Å². The molecule has 0 fully saturated rings. The molecular formula is C60H56N2. The van der Waals surface area contributed by atoms with E-state index in [4.69, 9.17) is 0 Å². The predicted molar refractivity (Wildman–Crippen MR) is 269 cm³/mol. The zero-order valence-corrected chi connectivity index (χ0v) is 37.4. The molecule has 0 saturated heterocycles. The third-order valence-corrected chi connectivity index (χ3v) is 12.5. The maximum absolute atomic E-state index is 2.43. The standard InChI is InChI=1S/C60H56N2/c1-39(2)45-21-29-51(30-22-45)61(49-25-13-43(7)14-26-49)53-33-35-55-57(37-53)59(47-17-9-41(5)10-18-47)56-36-34-54(38-58(56)60(55)48-19-11-42(6)12-20-48)62(50-27-15-44(8)16-28-50)52-31-23-46(24-32-52)40(3)4/h9-40H,1-8H3. The lowest BCUT2D eigenvalue weighted by Gasteiger charge is -2.28. The highest BCUT2D eigenvalue weighted by molar-refractivity contribution is 6.22. The Labute approximate surface area is 368 Å². The minimum absolute atomic E-state index is 0.456. The van der Waals surface area contributed by atoms with Crippen LogP contribution in [0, 0.1) is 27.7 Å². The minimum atomic E-state index is 0.456. The van der Waals surface area contributed by atoms with Crippen LogP contribution < -0.4 is 9.80 Å². The van der Waals surface area contributed by atoms with Crippen molar-refractivity contribution in [2.24, 2.45) is 0 Å². The summed E-state index contributed by atoms with van der Waals surface area (Å²) >= 11 is 0. The smallest absolute Gasteiger partial charge is 0.0468 e. The molecule has 2 nitrogen and oxygen atoms in total. The molecule has 0 aliphatic rings. The zero-order valence-electron chi connectivity index (χ0n) is 37.4. The Hall–Kier alpha value is -6.90. The first-order valence-corrected chi connectivity index (χ1v) is 22.1. The summed E-state index contributed by atoms with van der Waals surface area (Å²) in [5, 5.41) is 4.88. The Bertz CT molecular complexity index is 2780. The van der Waals surface area contributed by atoms with E-state index in [0.29, 0.717) is 11.8 Å². The maximum Gasteiger partial charge on any atom is 0.0468 e. The van der Waals surface area contributed by atoms with E-state index >= 15 is 0 Å². The molecule has 0 heterocycles. The number of rotatable bonds is 10. The summed E-state index contributed by atoms with van der Waals surface area (Å²) in [6, 6.07) is 68.4. The van der Waals surface area contributed by atoms with Crippen LogP contribution in [0.25, 0.3) is 43.8 Å². The summed E-state index contributed by atoms with van der Waals surface area (Å²) in [4.78, 5) is 4.82. The topological polar surface area (TPSA) is 6.48 Å². The summed E-state index contributed by atoms with van der Waals surface area (Å²) in [6.45, 7) is 17.7. The van der Waals surface area contributed by atoms with Gasteiger partial charge in [-0.3, -0.25) is 0 Å². The summed E-state index contributed by atoms with van der Waals surface area (Å²) in [5.41, 5.74) is 19.3. The Kier molecular flexibility index (Phi) is 11.0. The van der Waals surface area contributed by atoms with Crippen molar-refractivity contribution in [2.75, 3.05) is 9.80 Å². The summed E-state index contributed by atoms with van der Waals surface area (Å²) < 4.78 is 0. The van der Waals surface area contributed by atoms with Crippen LogP contribution in [0.5, 0.6) is 0 Å². The van der Waals surface area contributed by atoms with Crippen molar-refractivity contribution in [1.82, 2.24) is 0 Å². The quantitative estimate of drug-likeness (QED) is 0.127. The van der Waals surface area contributed by atoms with Crippen LogP contribution >= 0.6 is 0 Å². The second-order valence-corrected chi connectivity index (χ2v) is 17.8. The van der Waals surface area contributed by atoms with Crippen molar-refractivity contribution >= 4 is 55.7 Å². The summed E-state index contributed by atoms with van der Waals surface area (Å²) in [6.07, 6.45) is 0. The zero-order chi connectivity index (χ0) is 43.1. The second-order valence-electron chi connectivity index (χ2n) is 17.8. The molecule has 9 aromatic rings. The van der Waals surface area contributed by atoms with E-state index in [0.717, 1.165) is 34.1 Å². The first-order chi connectivity index (χ1) is 30.0. The average Bonchev–Trinajstić information content (AvgIpc) is 3.28. The van der Waals surface area contributed by atoms with Gasteiger partial charge in [-0.05, 0) is 167 Å². The molecule has 9 rings (SSSR count). The van der Waals surface area contributed by atoms with Gasteiger partial charge in [0.15, 0.2) is 0 Å². The van der Waals surface area contributed by atoms with E-state index in [1.165, 1.54) is 77.2 Å². The van der Waals surface area contributed by atoms with Gasteiger partial charge in [-0.2, -0.15) is 0 Å². The number of aryl methyl sites for hydroxylation is 4. The molecule has 0 saturated carbocycles. The molecule has 0 aliphatic heterocycles. The highest BCUT2D eigenvalue weighted by atomic mass is 15.1. The van der Waals surface area contributed by atoms with Gasteiger partial charge in [0.2, 0.25) is 0 Å². The van der Waals surface area contributed by atoms with Gasteiger partial charge in [-0.1, -0.05) is 159 Å². The van der Waals surface area contributed by atoms with E-state index in [1.54, 1.807) is 0 Å². The fourth-order valence-electron chi connectivity index (χ4n) is 8.84. The normalized spacial score (nSPS) is 11.5. The molecule has 0 N–H and O–H groups in total. The third-order valence-electron chi connectivity index (χ3n) is 12.5. The maximum atomic E-state index is 2.43. The van der Waals surface area contributed by atoms with Crippen LogP contribution in [0.2, 0.25) is 0 Å². The highest BCUT2D eigenvalue weighted by Crippen LogP contribution is 2.48. The summed E-state index contributed by atoms with van der Waals surface area (Å²) in [5.74, 6) is 0.913. The molecular weight excluding hydrogens is 749 g/mol. The fourth-order valence-corrected chi connectivity index (χ4v) is 8.84. The Morgan fingerprint density at radius 3 is 0.823 bits per heavy atom. The Morgan fingerprint density at radius 2 is 0.532 bits per heavy atom. The number of fused-ring (bicyclic) bond motifs is 2. The van der Waals surface area contributed by atoms with Crippen LogP contribution in [-0.2, 0) is 0 Å². The highest BCUT2D eigenvalue weighted by Gasteiger charge is 2.22. The molecule has 62 heavy (non-hydrogen) atoms. The van der Waals surface area contributed by atoms with Crippen LogP contribution in [0.4, 0.5) is 34.1 Å². The number of benzene rings is 9. The molecule has 0 bridgehead atoms. The largest absolute Gasteiger partial charge is 0.310 e. The molecule has 0 unspecified atom stereocenters. The van der Waals surface area contributed by atoms with Gasteiger partial charge in [0, 0.05) is 34.1 Å². The SMILES string of the molecule is Cc1ccc(-c2c3ccc(N(c4ccc(C)cc4)c4ccc(C(C)C)cc4)cc3c(-c3ccc(C)cc3)c3ccc(N(c4ccc(C)cc4)c4ccc(C(C)C)cc4)cc23)cc1. The molecule has 306 valence electrons. The molecule has 0 amide bonds. The van der Waals surface area contributed by atoms with Crippen LogP contribution in [0.1, 0.15) is 72.9 Å². The van der Waals surface area contributed by atoms with Crippen molar-refractivity contribution in [3.63, 3.8) is 0 Å². The molecule has 0 aromatic heterocycles. The van der Waals surface area contributed by atoms with Crippen molar-refractivity contribution in [3.05, 3.63) is 215 Å². The number of hydrogen-bond donors (Lipinski definition) is 0. The number of hydrogen-bond acceptors (Lipinski definition) is 2. The van der Waals surface area contributed by atoms with E-state index in [2.05, 4.69) is 247 Å². The van der Waals surface area contributed by atoms with Gasteiger partial charge >= 0.3 is 0 Å². The second kappa shape index (κ2) is 16.9. The first-order valence-electron chi connectivity index (χ1n) is 22.1. The molecule has 0 aliphatic carbocycles. The fraction of sp³-hybridized carbons (Fsp3) is 0.167. The number of nitrogens with zero attached hydrogens (tertiary/aromatic N) is 2. The van der Waals surface area contributed by atoms with Crippen molar-refractivity contribution in [1.29, 1.82) is 0 Å². The van der Waals surface area contributed by atoms with E-state index in [9.17, 15) is 0 Å². The molecule has 0 radical (unpaired) electrons. The van der Waals surface area contributed by atoms with Gasteiger partial charge in [0.1, 0.15) is 0 Å². The summed E-state index contributed by atoms with van der Waals surface area (Å²) in [7, 11) is 0. The lowest BCUT2D eigenvalue weighted by atomic mass is 9.85. The van der Waals surface area contributed by atoms with E-state index < -0.39 is 0 Å². The third kappa shape index (κ3) is 7.90. The van der Waals surface area contributed by atoms with E-state index in [1.807, 2.05) is 0 Å². The van der Waals surface area contributed by atoms with Crippen LogP contribution in [-0.4, -0.2) is 0 Å². The molecule has 0 atom stereocenters. The van der Waals surface area contributed by atoms with Crippen LogP contribution in [0.3, 0.4) is 0 Å². The predicted octanol–water partition coefficient (Wildman–Crippen LogP) is 17.7. The van der Waals surface area contributed by atoms with Gasteiger partial charge in [-0.25, -0.2) is 0 Å². The average molecular weight is 805 g/mol. The minimum Gasteiger partial charge on any atom is -0.310 e. The van der Waals surface area contributed by atoms with Crippen molar-refractivity contribution in [3.8, 4) is 22.3 Å². The Balaban J connectivity index is 1.35. The Morgan fingerprint density at radius 1 is 0.274 bits per heavy atom. The molecule has 0 spiro atoms. The van der Waals surface area contributed by atoms with Crippen molar-refractivity contribution in [2.45, 2.75) is 67.2 Å². The first kappa shape index (κ1) is 40.5. The van der Waals surface area contributed by atoms with Crippen LogP contribution in [0.15, 0.2) is 182 Å². The van der Waals surface area contributed by atoms with Gasteiger partial charge in [-0.15, -0.1) is 0 Å². The molecule has 9 aromatic carbocycles. The van der Waals surface area contributed by atoms with Gasteiger partial charge in [0.25, 0.3) is 0 Å². The lowest BCUT2D eigenvalue weighted by Crippen LogP contribution is -2.11. The number of anilines is 6. The van der Waals surface area contributed by atoms with Gasteiger partial charge < -0.3 is 9.80 Å². The lowest BCUT2D eigenvalue weighted by molar-refractivity contribution is 0.866. The monoisotopic (exact) mass is 804 g/mol. The molecule has 2 heteroatoms.